The Morgan fingerprint density at radius 1 is 1.42 bits per heavy atom. The highest BCUT2D eigenvalue weighted by atomic mass is 16.4. The Morgan fingerprint density at radius 3 is 2.89 bits per heavy atom. The van der Waals surface area contributed by atoms with Crippen molar-refractivity contribution >= 4 is 0 Å². The molecule has 0 fully saturated rings. The van der Waals surface area contributed by atoms with Gasteiger partial charge in [-0.1, -0.05) is 6.92 Å². The third-order valence-corrected chi connectivity index (χ3v) is 2.62. The van der Waals surface area contributed by atoms with E-state index in [0.717, 1.165) is 13.0 Å². The van der Waals surface area contributed by atoms with Crippen molar-refractivity contribution in [3.05, 3.63) is 29.8 Å². The van der Waals surface area contributed by atoms with Gasteiger partial charge >= 0.3 is 0 Å². The van der Waals surface area contributed by atoms with E-state index in [1.165, 1.54) is 6.20 Å². The molecule has 0 aromatic carbocycles. The van der Waals surface area contributed by atoms with Gasteiger partial charge in [-0.15, -0.1) is 10.2 Å². The van der Waals surface area contributed by atoms with Crippen LogP contribution in [0.5, 0.6) is 0 Å². The molecule has 0 bridgehead atoms. The molecule has 2 rings (SSSR count). The minimum atomic E-state index is 0.0135. The van der Waals surface area contributed by atoms with Crippen molar-refractivity contribution < 1.29 is 4.42 Å². The lowest BCUT2D eigenvalue weighted by molar-refractivity contribution is 0.422. The van der Waals surface area contributed by atoms with Crippen LogP contribution in [0.25, 0.3) is 11.6 Å². The van der Waals surface area contributed by atoms with Crippen LogP contribution in [0.3, 0.4) is 0 Å². The summed E-state index contributed by atoms with van der Waals surface area (Å²) in [6.07, 6.45) is 2.53. The number of nitriles is 1. The minimum Gasteiger partial charge on any atom is -0.418 e. The summed E-state index contributed by atoms with van der Waals surface area (Å²) in [6, 6.07) is 5.39. The first kappa shape index (κ1) is 13.2. The molecule has 1 unspecified atom stereocenters. The molecule has 0 aliphatic heterocycles. The molecule has 0 spiro atoms. The zero-order valence-electron chi connectivity index (χ0n) is 10.9. The fraction of sp³-hybridized carbons (Fsp3) is 0.385. The predicted molar refractivity (Wildman–Crippen MR) is 69.0 cm³/mol. The second kappa shape index (κ2) is 6.07. The largest absolute Gasteiger partial charge is 0.418 e. The summed E-state index contributed by atoms with van der Waals surface area (Å²) in [5, 5.41) is 20.0. The van der Waals surface area contributed by atoms with Gasteiger partial charge in [-0.2, -0.15) is 5.26 Å². The molecule has 2 aromatic heterocycles. The molecular weight excluding hydrogens is 242 g/mol. The molecule has 19 heavy (non-hydrogen) atoms. The number of hydrogen-bond donors (Lipinski definition) is 1. The lowest BCUT2D eigenvalue weighted by atomic mass is 10.3. The molecule has 0 radical (unpaired) electrons. The molecule has 1 atom stereocenters. The third-order valence-electron chi connectivity index (χ3n) is 2.62. The number of aromatic nitrogens is 3. The molecule has 98 valence electrons. The zero-order valence-corrected chi connectivity index (χ0v) is 10.9. The maximum atomic E-state index is 8.71. The molecule has 0 aliphatic carbocycles. The summed E-state index contributed by atoms with van der Waals surface area (Å²) in [4.78, 5) is 4.12. The standard InChI is InChI=1S/C13H15N5O/c1-3-6-15-9(2)12-17-18-13(19-12)11-5-4-10(7-14)8-16-11/h4-5,8-9,15H,3,6H2,1-2H3. The quantitative estimate of drug-likeness (QED) is 0.882. The van der Waals surface area contributed by atoms with E-state index in [4.69, 9.17) is 9.68 Å². The Bertz CT molecular complexity index is 569. The molecule has 0 amide bonds. The van der Waals surface area contributed by atoms with Gasteiger partial charge in [0, 0.05) is 6.20 Å². The van der Waals surface area contributed by atoms with Gasteiger partial charge in [0.25, 0.3) is 5.89 Å². The molecular formula is C13H15N5O. The maximum Gasteiger partial charge on any atom is 0.266 e. The average molecular weight is 257 g/mol. The Hall–Kier alpha value is -2.26. The Morgan fingerprint density at radius 2 is 2.26 bits per heavy atom. The van der Waals surface area contributed by atoms with Gasteiger partial charge in [0.2, 0.25) is 5.89 Å². The highest BCUT2D eigenvalue weighted by molar-refractivity contribution is 5.47. The topological polar surface area (TPSA) is 87.6 Å². The van der Waals surface area contributed by atoms with Crippen molar-refractivity contribution in [1.29, 1.82) is 5.26 Å². The van der Waals surface area contributed by atoms with E-state index in [1.807, 2.05) is 13.0 Å². The summed E-state index contributed by atoms with van der Waals surface area (Å²) in [5.74, 6) is 0.902. The van der Waals surface area contributed by atoms with Crippen molar-refractivity contribution in [3.8, 4) is 17.7 Å². The van der Waals surface area contributed by atoms with Crippen molar-refractivity contribution in [3.63, 3.8) is 0 Å². The van der Waals surface area contributed by atoms with Gasteiger partial charge in [-0.3, -0.25) is 0 Å². The van der Waals surface area contributed by atoms with Gasteiger partial charge < -0.3 is 9.73 Å². The molecule has 0 saturated heterocycles. The van der Waals surface area contributed by atoms with E-state index in [9.17, 15) is 0 Å². The van der Waals surface area contributed by atoms with Crippen LogP contribution in [0.2, 0.25) is 0 Å². The van der Waals surface area contributed by atoms with Crippen LogP contribution in [-0.4, -0.2) is 21.7 Å². The van der Waals surface area contributed by atoms with E-state index in [2.05, 4.69) is 27.4 Å². The molecule has 0 saturated carbocycles. The van der Waals surface area contributed by atoms with E-state index in [0.29, 0.717) is 23.0 Å². The van der Waals surface area contributed by atoms with Crippen molar-refractivity contribution in [2.75, 3.05) is 6.54 Å². The van der Waals surface area contributed by atoms with Crippen LogP contribution < -0.4 is 5.32 Å². The van der Waals surface area contributed by atoms with E-state index in [1.54, 1.807) is 12.1 Å². The monoisotopic (exact) mass is 257 g/mol. The highest BCUT2D eigenvalue weighted by Gasteiger charge is 2.14. The molecule has 6 heteroatoms. The molecule has 2 heterocycles. The second-order valence-corrected chi connectivity index (χ2v) is 4.17. The minimum absolute atomic E-state index is 0.0135. The predicted octanol–water partition coefficient (Wildman–Crippen LogP) is 2.06. The summed E-state index contributed by atoms with van der Waals surface area (Å²) in [5.41, 5.74) is 1.07. The smallest absolute Gasteiger partial charge is 0.266 e. The van der Waals surface area contributed by atoms with Gasteiger partial charge in [0.05, 0.1) is 11.6 Å². The average Bonchev–Trinajstić information content (AvgIpc) is 2.94. The molecule has 2 aromatic rings. The first-order valence-electron chi connectivity index (χ1n) is 6.18. The Kier molecular flexibility index (Phi) is 4.21. The van der Waals surface area contributed by atoms with Crippen LogP contribution >= 0.6 is 0 Å². The number of rotatable bonds is 5. The van der Waals surface area contributed by atoms with E-state index < -0.39 is 0 Å². The van der Waals surface area contributed by atoms with Crippen LogP contribution in [-0.2, 0) is 0 Å². The third kappa shape index (κ3) is 3.14. The number of nitrogens with one attached hydrogen (secondary N) is 1. The first-order valence-corrected chi connectivity index (χ1v) is 6.18. The Balaban J connectivity index is 2.13. The molecule has 6 nitrogen and oxygen atoms in total. The van der Waals surface area contributed by atoms with Crippen molar-refractivity contribution in [2.45, 2.75) is 26.3 Å². The van der Waals surface area contributed by atoms with Gasteiger partial charge in [0.15, 0.2) is 0 Å². The van der Waals surface area contributed by atoms with Crippen molar-refractivity contribution in [1.82, 2.24) is 20.5 Å². The highest BCUT2D eigenvalue weighted by Crippen LogP contribution is 2.18. The van der Waals surface area contributed by atoms with Crippen LogP contribution in [0.1, 0.15) is 37.8 Å². The SMILES string of the molecule is CCCNC(C)c1nnc(-c2ccc(C#N)cn2)o1. The van der Waals surface area contributed by atoms with E-state index >= 15 is 0 Å². The summed E-state index contributed by atoms with van der Waals surface area (Å²) < 4.78 is 5.57. The number of nitrogens with zero attached hydrogens (tertiary/aromatic N) is 4. The summed E-state index contributed by atoms with van der Waals surface area (Å²) >= 11 is 0. The van der Waals surface area contributed by atoms with Gasteiger partial charge in [0.1, 0.15) is 11.8 Å². The normalized spacial score (nSPS) is 12.1. The van der Waals surface area contributed by atoms with Crippen LogP contribution in [0.4, 0.5) is 0 Å². The lowest BCUT2D eigenvalue weighted by Gasteiger charge is -2.07. The fourth-order valence-electron chi connectivity index (χ4n) is 1.55. The lowest BCUT2D eigenvalue weighted by Crippen LogP contribution is -2.19. The molecule has 0 aliphatic rings. The summed E-state index contributed by atoms with van der Waals surface area (Å²) in [6.45, 7) is 4.97. The first-order chi connectivity index (χ1) is 9.24. The zero-order chi connectivity index (χ0) is 13.7. The molecule has 1 N–H and O–H groups in total. The number of pyridine rings is 1. The fourth-order valence-corrected chi connectivity index (χ4v) is 1.55. The van der Waals surface area contributed by atoms with Gasteiger partial charge in [-0.25, -0.2) is 4.98 Å². The summed E-state index contributed by atoms with van der Waals surface area (Å²) in [7, 11) is 0. The van der Waals surface area contributed by atoms with Crippen LogP contribution in [0.15, 0.2) is 22.7 Å². The Labute approximate surface area is 111 Å². The van der Waals surface area contributed by atoms with E-state index in [-0.39, 0.29) is 6.04 Å². The van der Waals surface area contributed by atoms with Crippen molar-refractivity contribution in [2.24, 2.45) is 0 Å². The van der Waals surface area contributed by atoms with Crippen LogP contribution in [0, 0.1) is 11.3 Å². The maximum absolute atomic E-state index is 8.71. The second-order valence-electron chi connectivity index (χ2n) is 4.17. The number of hydrogen-bond acceptors (Lipinski definition) is 6. The van der Waals surface area contributed by atoms with Gasteiger partial charge in [-0.05, 0) is 32.0 Å².